The van der Waals surface area contributed by atoms with E-state index in [1.54, 1.807) is 0 Å². The van der Waals surface area contributed by atoms with Crippen LogP contribution in [0, 0.1) is 0 Å². The Bertz CT molecular complexity index is 255. The van der Waals surface area contributed by atoms with Crippen LogP contribution in [0.25, 0.3) is 0 Å². The molecule has 0 aromatic carbocycles. The van der Waals surface area contributed by atoms with Crippen molar-refractivity contribution in [3.63, 3.8) is 0 Å². The van der Waals surface area contributed by atoms with E-state index in [-0.39, 0.29) is 50.2 Å². The molecule has 2 heterocycles. The Hall–Kier alpha value is -0.240. The SMILES string of the molecule is CC(C)OC[C@H]1OCO[C@H]2[C@@H]1OCO[C@@H]2COC(C)C. The molecule has 0 aromatic rings. The van der Waals surface area contributed by atoms with E-state index in [1.165, 1.54) is 0 Å². The average Bonchev–Trinajstić information content (AvgIpc) is 2.42. The summed E-state index contributed by atoms with van der Waals surface area (Å²) in [5, 5.41) is 0. The summed E-state index contributed by atoms with van der Waals surface area (Å²) in [5.74, 6) is 0. The molecule has 4 atom stereocenters. The summed E-state index contributed by atoms with van der Waals surface area (Å²) in [6.45, 7) is 9.47. The molecular formula is C14H26O6. The fraction of sp³-hybridized carbons (Fsp3) is 1.00. The molecule has 0 bridgehead atoms. The zero-order valence-electron chi connectivity index (χ0n) is 12.7. The van der Waals surface area contributed by atoms with Gasteiger partial charge in [0, 0.05) is 0 Å². The summed E-state index contributed by atoms with van der Waals surface area (Å²) in [5.41, 5.74) is 0. The van der Waals surface area contributed by atoms with E-state index >= 15 is 0 Å². The molecule has 0 amide bonds. The maximum Gasteiger partial charge on any atom is 0.147 e. The third kappa shape index (κ3) is 4.38. The first-order chi connectivity index (χ1) is 9.58. The average molecular weight is 290 g/mol. The third-order valence-electron chi connectivity index (χ3n) is 3.33. The Labute approximate surface area is 120 Å². The number of fused-ring (bicyclic) bond motifs is 1. The Balaban J connectivity index is 1.90. The van der Waals surface area contributed by atoms with Gasteiger partial charge in [0.25, 0.3) is 0 Å². The molecule has 0 unspecified atom stereocenters. The normalized spacial score (nSPS) is 34.5. The summed E-state index contributed by atoms with van der Waals surface area (Å²) in [6.07, 6.45) is -0.253. The zero-order valence-corrected chi connectivity index (χ0v) is 12.7. The lowest BCUT2D eigenvalue weighted by molar-refractivity contribution is -0.332. The van der Waals surface area contributed by atoms with Crippen molar-refractivity contribution in [1.82, 2.24) is 0 Å². The van der Waals surface area contributed by atoms with Gasteiger partial charge in [0.15, 0.2) is 0 Å². The molecule has 6 nitrogen and oxygen atoms in total. The van der Waals surface area contributed by atoms with Gasteiger partial charge in [0.05, 0.1) is 25.4 Å². The molecule has 118 valence electrons. The van der Waals surface area contributed by atoms with Crippen LogP contribution < -0.4 is 0 Å². The van der Waals surface area contributed by atoms with E-state index in [1.807, 2.05) is 27.7 Å². The molecule has 2 rings (SSSR count). The maximum atomic E-state index is 5.66. The van der Waals surface area contributed by atoms with Crippen molar-refractivity contribution in [2.45, 2.75) is 64.3 Å². The van der Waals surface area contributed by atoms with E-state index in [0.29, 0.717) is 13.2 Å². The molecule has 2 saturated heterocycles. The van der Waals surface area contributed by atoms with Crippen LogP contribution in [0.2, 0.25) is 0 Å². The highest BCUT2D eigenvalue weighted by Gasteiger charge is 2.44. The highest BCUT2D eigenvalue weighted by Crippen LogP contribution is 2.26. The molecule has 0 spiro atoms. The molecular weight excluding hydrogens is 264 g/mol. The van der Waals surface area contributed by atoms with Gasteiger partial charge in [-0.2, -0.15) is 0 Å². The third-order valence-corrected chi connectivity index (χ3v) is 3.33. The molecule has 2 aliphatic heterocycles. The van der Waals surface area contributed by atoms with Gasteiger partial charge in [0.1, 0.15) is 38.0 Å². The topological polar surface area (TPSA) is 55.4 Å². The molecule has 0 N–H and O–H groups in total. The molecule has 2 aliphatic rings. The molecule has 6 heteroatoms. The first-order valence-corrected chi connectivity index (χ1v) is 7.27. The second kappa shape index (κ2) is 7.68. The molecule has 2 fully saturated rings. The Morgan fingerprint density at radius 1 is 0.750 bits per heavy atom. The predicted molar refractivity (Wildman–Crippen MR) is 71.4 cm³/mol. The summed E-state index contributed by atoms with van der Waals surface area (Å²) in [4.78, 5) is 0. The van der Waals surface area contributed by atoms with E-state index in [0.717, 1.165) is 0 Å². The molecule has 0 aromatic heterocycles. The number of ether oxygens (including phenoxy) is 6. The number of rotatable bonds is 6. The highest BCUT2D eigenvalue weighted by molar-refractivity contribution is 4.89. The van der Waals surface area contributed by atoms with Crippen molar-refractivity contribution in [2.75, 3.05) is 26.8 Å². The summed E-state index contributed by atoms with van der Waals surface area (Å²) >= 11 is 0. The van der Waals surface area contributed by atoms with Gasteiger partial charge in [-0.05, 0) is 27.7 Å². The minimum absolute atomic E-state index is 0.124. The summed E-state index contributed by atoms with van der Waals surface area (Å²) in [6, 6.07) is 0. The van der Waals surface area contributed by atoms with Gasteiger partial charge >= 0.3 is 0 Å². The lowest BCUT2D eigenvalue weighted by atomic mass is 10.0. The maximum absolute atomic E-state index is 5.66. The summed E-state index contributed by atoms with van der Waals surface area (Å²) < 4.78 is 33.8. The highest BCUT2D eigenvalue weighted by atomic mass is 16.8. The standard InChI is InChI=1S/C14H26O6/c1-9(2)15-5-11-13-14(20-7-17-11)12(18-8-19-13)6-16-10(3)4/h9-14H,5-8H2,1-4H3/t11-,12-,13-,14-/m1/s1. The van der Waals surface area contributed by atoms with Crippen molar-refractivity contribution in [3.05, 3.63) is 0 Å². The zero-order chi connectivity index (χ0) is 14.5. The van der Waals surface area contributed by atoms with Crippen LogP contribution >= 0.6 is 0 Å². The second-order valence-electron chi connectivity index (χ2n) is 5.67. The van der Waals surface area contributed by atoms with Crippen LogP contribution in [0.5, 0.6) is 0 Å². The van der Waals surface area contributed by atoms with Crippen molar-refractivity contribution in [3.8, 4) is 0 Å². The quantitative estimate of drug-likeness (QED) is 0.735. The van der Waals surface area contributed by atoms with E-state index in [4.69, 9.17) is 28.4 Å². The van der Waals surface area contributed by atoms with Gasteiger partial charge in [-0.3, -0.25) is 0 Å². The van der Waals surface area contributed by atoms with Gasteiger partial charge in [-0.1, -0.05) is 0 Å². The number of hydrogen-bond acceptors (Lipinski definition) is 6. The van der Waals surface area contributed by atoms with E-state index in [2.05, 4.69) is 0 Å². The van der Waals surface area contributed by atoms with Crippen LogP contribution in [0.15, 0.2) is 0 Å². The first-order valence-electron chi connectivity index (χ1n) is 7.27. The van der Waals surface area contributed by atoms with Gasteiger partial charge in [-0.15, -0.1) is 0 Å². The Kier molecular flexibility index (Phi) is 6.20. The van der Waals surface area contributed by atoms with Gasteiger partial charge in [-0.25, -0.2) is 0 Å². The predicted octanol–water partition coefficient (Wildman–Crippen LogP) is 1.32. The van der Waals surface area contributed by atoms with Gasteiger partial charge in [0.2, 0.25) is 0 Å². The molecule has 20 heavy (non-hydrogen) atoms. The van der Waals surface area contributed by atoms with E-state index < -0.39 is 0 Å². The Morgan fingerprint density at radius 2 is 1.15 bits per heavy atom. The van der Waals surface area contributed by atoms with Crippen LogP contribution in [0.1, 0.15) is 27.7 Å². The van der Waals surface area contributed by atoms with Crippen LogP contribution in [-0.2, 0) is 28.4 Å². The Morgan fingerprint density at radius 3 is 1.50 bits per heavy atom. The van der Waals surface area contributed by atoms with Crippen molar-refractivity contribution in [2.24, 2.45) is 0 Å². The van der Waals surface area contributed by atoms with Crippen LogP contribution in [0.3, 0.4) is 0 Å². The van der Waals surface area contributed by atoms with Crippen molar-refractivity contribution >= 4 is 0 Å². The fourth-order valence-corrected chi connectivity index (χ4v) is 2.29. The summed E-state index contributed by atoms with van der Waals surface area (Å²) in [7, 11) is 0. The van der Waals surface area contributed by atoms with Crippen molar-refractivity contribution < 1.29 is 28.4 Å². The van der Waals surface area contributed by atoms with Gasteiger partial charge < -0.3 is 28.4 Å². The van der Waals surface area contributed by atoms with Crippen molar-refractivity contribution in [1.29, 1.82) is 0 Å². The number of hydrogen-bond donors (Lipinski definition) is 0. The molecule has 0 radical (unpaired) electrons. The second-order valence-corrected chi connectivity index (χ2v) is 5.67. The smallest absolute Gasteiger partial charge is 0.147 e. The largest absolute Gasteiger partial charge is 0.376 e. The first kappa shape index (κ1) is 16.1. The van der Waals surface area contributed by atoms with Crippen LogP contribution in [0.4, 0.5) is 0 Å². The fourth-order valence-electron chi connectivity index (χ4n) is 2.29. The molecule has 0 saturated carbocycles. The monoisotopic (exact) mass is 290 g/mol. The lowest BCUT2D eigenvalue weighted by Crippen LogP contribution is -2.59. The van der Waals surface area contributed by atoms with E-state index in [9.17, 15) is 0 Å². The minimum atomic E-state index is -0.169. The van der Waals surface area contributed by atoms with Crippen LogP contribution in [-0.4, -0.2) is 63.4 Å². The lowest BCUT2D eigenvalue weighted by Gasteiger charge is -2.44. The molecule has 0 aliphatic carbocycles. The minimum Gasteiger partial charge on any atom is -0.376 e.